The van der Waals surface area contributed by atoms with E-state index >= 15 is 0 Å². The Morgan fingerprint density at radius 2 is 1.89 bits per heavy atom. The minimum absolute atomic E-state index is 0.1000. The maximum atomic E-state index is 12.0. The van der Waals surface area contributed by atoms with Crippen molar-refractivity contribution in [3.05, 3.63) is 35.9 Å². The second-order valence-electron chi connectivity index (χ2n) is 5.05. The van der Waals surface area contributed by atoms with Gasteiger partial charge in [-0.2, -0.15) is 0 Å². The lowest BCUT2D eigenvalue weighted by Crippen LogP contribution is -2.40. The third-order valence-corrected chi connectivity index (χ3v) is 3.28. The summed E-state index contributed by atoms with van der Waals surface area (Å²) >= 11 is 0. The Kier molecular flexibility index (Phi) is 5.86. The van der Waals surface area contributed by atoms with E-state index in [-0.39, 0.29) is 11.9 Å². The normalized spacial score (nSPS) is 15.8. The van der Waals surface area contributed by atoms with Gasteiger partial charge in [-0.1, -0.05) is 50.6 Å². The molecule has 1 aromatic rings. The average molecular weight is 248 g/mol. The summed E-state index contributed by atoms with van der Waals surface area (Å²) in [5, 5.41) is 2.98. The number of hydrogen-bond acceptors (Lipinski definition) is 2. The van der Waals surface area contributed by atoms with Crippen LogP contribution in [0, 0.1) is 5.92 Å². The van der Waals surface area contributed by atoms with Crippen molar-refractivity contribution in [1.82, 2.24) is 5.32 Å². The second-order valence-corrected chi connectivity index (χ2v) is 5.05. The van der Waals surface area contributed by atoms with Crippen molar-refractivity contribution in [3.8, 4) is 0 Å². The zero-order chi connectivity index (χ0) is 13.5. The number of rotatable bonds is 6. The average Bonchev–Trinajstić information content (AvgIpc) is 2.38. The predicted octanol–water partition coefficient (Wildman–Crippen LogP) is 2.63. The first-order valence-corrected chi connectivity index (χ1v) is 6.65. The first-order valence-electron chi connectivity index (χ1n) is 6.65. The van der Waals surface area contributed by atoms with E-state index in [1.54, 1.807) is 0 Å². The first-order chi connectivity index (χ1) is 8.54. The largest absolute Gasteiger partial charge is 0.352 e. The monoisotopic (exact) mass is 248 g/mol. The summed E-state index contributed by atoms with van der Waals surface area (Å²) in [6.07, 6.45) is 2.12. The number of hydrogen-bond donors (Lipinski definition) is 2. The van der Waals surface area contributed by atoms with Gasteiger partial charge in [-0.25, -0.2) is 0 Å². The third-order valence-electron chi connectivity index (χ3n) is 3.28. The number of nitrogens with two attached hydrogens (primary N) is 1. The molecule has 0 aromatic heterocycles. The minimum Gasteiger partial charge on any atom is -0.352 e. The molecule has 3 heteroatoms. The van der Waals surface area contributed by atoms with Crippen LogP contribution in [0.3, 0.4) is 0 Å². The van der Waals surface area contributed by atoms with Gasteiger partial charge in [0.15, 0.2) is 0 Å². The van der Waals surface area contributed by atoms with Crippen molar-refractivity contribution in [2.75, 3.05) is 0 Å². The Morgan fingerprint density at radius 1 is 1.28 bits per heavy atom. The van der Waals surface area contributed by atoms with Crippen molar-refractivity contribution in [2.45, 2.75) is 45.7 Å². The Labute approximate surface area is 110 Å². The summed E-state index contributed by atoms with van der Waals surface area (Å²) in [7, 11) is 0. The highest BCUT2D eigenvalue weighted by Crippen LogP contribution is 2.12. The lowest BCUT2D eigenvalue weighted by molar-refractivity contribution is -0.123. The van der Waals surface area contributed by atoms with Gasteiger partial charge in [0, 0.05) is 6.04 Å². The van der Waals surface area contributed by atoms with Crippen LogP contribution >= 0.6 is 0 Å². The Balaban J connectivity index is 2.50. The van der Waals surface area contributed by atoms with Crippen molar-refractivity contribution in [3.63, 3.8) is 0 Å². The second kappa shape index (κ2) is 7.17. The van der Waals surface area contributed by atoms with E-state index in [0.29, 0.717) is 5.92 Å². The molecule has 2 unspecified atom stereocenters. The van der Waals surface area contributed by atoms with E-state index in [1.165, 1.54) is 0 Å². The molecule has 1 aromatic carbocycles. The lowest BCUT2D eigenvalue weighted by atomic mass is 9.99. The maximum absolute atomic E-state index is 12.0. The molecule has 100 valence electrons. The van der Waals surface area contributed by atoms with Crippen molar-refractivity contribution in [2.24, 2.45) is 11.7 Å². The zero-order valence-corrected chi connectivity index (χ0v) is 11.5. The van der Waals surface area contributed by atoms with Gasteiger partial charge in [0.2, 0.25) is 5.91 Å². The van der Waals surface area contributed by atoms with Crippen LogP contribution in [0.25, 0.3) is 0 Å². The Hall–Kier alpha value is -1.35. The number of carbonyl (C=O) groups is 1. The molecule has 3 nitrogen and oxygen atoms in total. The van der Waals surface area contributed by atoms with Gasteiger partial charge in [0.05, 0.1) is 0 Å². The van der Waals surface area contributed by atoms with E-state index in [9.17, 15) is 4.79 Å². The summed E-state index contributed by atoms with van der Waals surface area (Å²) in [6, 6.07) is 9.05. The molecule has 0 aliphatic heterocycles. The molecule has 0 bridgehead atoms. The van der Waals surface area contributed by atoms with Gasteiger partial charge in [-0.05, 0) is 24.8 Å². The summed E-state index contributed by atoms with van der Waals surface area (Å²) in [5.74, 6) is 0.519. The van der Waals surface area contributed by atoms with E-state index in [0.717, 1.165) is 18.4 Å². The highest BCUT2D eigenvalue weighted by atomic mass is 16.2. The van der Waals surface area contributed by atoms with E-state index in [2.05, 4.69) is 19.2 Å². The van der Waals surface area contributed by atoms with Crippen LogP contribution in [0.5, 0.6) is 0 Å². The van der Waals surface area contributed by atoms with Crippen LogP contribution in [-0.4, -0.2) is 11.9 Å². The summed E-state index contributed by atoms with van der Waals surface area (Å²) in [4.78, 5) is 12.0. The third kappa shape index (κ3) is 4.49. The molecule has 0 spiro atoms. The molecule has 1 amide bonds. The molecule has 0 heterocycles. The molecule has 1 rings (SSSR count). The summed E-state index contributed by atoms with van der Waals surface area (Å²) in [6.45, 7) is 6.39. The number of carbonyl (C=O) groups excluding carboxylic acids is 1. The van der Waals surface area contributed by atoms with E-state index in [4.69, 9.17) is 5.73 Å². The predicted molar refractivity (Wildman–Crippen MR) is 75.0 cm³/mol. The van der Waals surface area contributed by atoms with Crippen LogP contribution in [0.4, 0.5) is 0 Å². The van der Waals surface area contributed by atoms with Gasteiger partial charge in [-0.3, -0.25) is 4.79 Å². The molecule has 0 saturated heterocycles. The number of benzene rings is 1. The topological polar surface area (TPSA) is 55.1 Å². The smallest absolute Gasteiger partial charge is 0.241 e. The Bertz CT molecular complexity index is 364. The van der Waals surface area contributed by atoms with Crippen molar-refractivity contribution in [1.29, 1.82) is 0 Å². The standard InChI is InChI=1S/C15H24N2O/c1-4-11(2)10-12(3)17-15(18)14(16)13-8-6-5-7-9-13/h5-9,11-12,14H,4,10,16H2,1-3H3,(H,17,18)/t11?,12?,14-/m0/s1. The maximum Gasteiger partial charge on any atom is 0.241 e. The van der Waals surface area contributed by atoms with Gasteiger partial charge < -0.3 is 11.1 Å². The molecular formula is C15H24N2O. The molecule has 0 saturated carbocycles. The number of amides is 1. The Morgan fingerprint density at radius 3 is 2.44 bits per heavy atom. The van der Waals surface area contributed by atoms with Crippen LogP contribution in [-0.2, 0) is 4.79 Å². The van der Waals surface area contributed by atoms with Crippen LogP contribution in [0.15, 0.2) is 30.3 Å². The molecule has 0 radical (unpaired) electrons. The SMILES string of the molecule is CCC(C)CC(C)NC(=O)[C@@H](N)c1ccccc1. The summed E-state index contributed by atoms with van der Waals surface area (Å²) < 4.78 is 0. The van der Waals surface area contributed by atoms with Gasteiger partial charge in [-0.15, -0.1) is 0 Å². The van der Waals surface area contributed by atoms with Crippen molar-refractivity contribution >= 4 is 5.91 Å². The van der Waals surface area contributed by atoms with E-state index < -0.39 is 6.04 Å². The quantitative estimate of drug-likeness (QED) is 0.813. The highest BCUT2D eigenvalue weighted by Gasteiger charge is 2.18. The van der Waals surface area contributed by atoms with Crippen LogP contribution in [0.1, 0.15) is 45.2 Å². The zero-order valence-electron chi connectivity index (χ0n) is 11.5. The van der Waals surface area contributed by atoms with Crippen LogP contribution < -0.4 is 11.1 Å². The molecular weight excluding hydrogens is 224 g/mol. The van der Waals surface area contributed by atoms with E-state index in [1.807, 2.05) is 37.3 Å². The molecule has 18 heavy (non-hydrogen) atoms. The van der Waals surface area contributed by atoms with Crippen LogP contribution in [0.2, 0.25) is 0 Å². The first kappa shape index (κ1) is 14.7. The van der Waals surface area contributed by atoms with Gasteiger partial charge in [0.1, 0.15) is 6.04 Å². The molecule has 3 atom stereocenters. The molecule has 0 aliphatic rings. The fraction of sp³-hybridized carbons (Fsp3) is 0.533. The molecule has 0 aliphatic carbocycles. The molecule has 3 N–H and O–H groups in total. The fourth-order valence-electron chi connectivity index (χ4n) is 1.97. The minimum atomic E-state index is -0.578. The summed E-state index contributed by atoms with van der Waals surface area (Å²) in [5.41, 5.74) is 6.79. The lowest BCUT2D eigenvalue weighted by Gasteiger charge is -2.20. The van der Waals surface area contributed by atoms with Gasteiger partial charge in [0.25, 0.3) is 0 Å². The molecule has 0 fully saturated rings. The van der Waals surface area contributed by atoms with Gasteiger partial charge >= 0.3 is 0 Å². The fourth-order valence-corrected chi connectivity index (χ4v) is 1.97. The highest BCUT2D eigenvalue weighted by molar-refractivity contribution is 5.83. The number of nitrogens with one attached hydrogen (secondary N) is 1. The van der Waals surface area contributed by atoms with Crippen molar-refractivity contribution < 1.29 is 4.79 Å².